The van der Waals surface area contributed by atoms with Crippen molar-refractivity contribution in [1.29, 1.82) is 0 Å². The van der Waals surface area contributed by atoms with Crippen molar-refractivity contribution in [3.8, 4) is 5.69 Å². The molecule has 30 heavy (non-hydrogen) atoms. The number of anilines is 1. The van der Waals surface area contributed by atoms with Gasteiger partial charge in [-0.15, -0.1) is 0 Å². The molecule has 1 aromatic heterocycles. The van der Waals surface area contributed by atoms with E-state index in [1.807, 2.05) is 6.92 Å². The summed E-state index contributed by atoms with van der Waals surface area (Å²) >= 11 is 6.20. The van der Waals surface area contributed by atoms with Crippen LogP contribution in [0.2, 0.25) is 5.02 Å². The minimum Gasteiger partial charge on any atom is -0.378 e. The highest BCUT2D eigenvalue weighted by Gasteiger charge is 2.12. The molecule has 0 radical (unpaired) electrons. The quantitative estimate of drug-likeness (QED) is 0.441. The van der Waals surface area contributed by atoms with E-state index >= 15 is 0 Å². The SMILES string of the molecule is CCNC(=O)c1ccc(CNc2cnn(-c3ccc([N+](=O)[O-])cc3)c(=O)c2Cl)cc1. The van der Waals surface area contributed by atoms with E-state index in [4.69, 9.17) is 11.6 Å². The Labute approximate surface area is 176 Å². The second kappa shape index (κ2) is 9.19. The fourth-order valence-electron chi connectivity index (χ4n) is 2.69. The average molecular weight is 428 g/mol. The Kier molecular flexibility index (Phi) is 6.43. The standard InChI is InChI=1S/C20H18ClN5O4/c1-2-22-19(27)14-5-3-13(4-6-14)11-23-17-12-24-25(20(28)18(17)21)15-7-9-16(10-8-15)26(29)30/h3-10,12,23H,2,11H2,1H3,(H,22,27). The maximum absolute atomic E-state index is 12.6. The lowest BCUT2D eigenvalue weighted by Crippen LogP contribution is -2.23. The molecule has 0 fully saturated rings. The van der Waals surface area contributed by atoms with Gasteiger partial charge in [0.1, 0.15) is 5.02 Å². The second-order valence-electron chi connectivity index (χ2n) is 6.27. The number of nitro groups is 1. The highest BCUT2D eigenvalue weighted by molar-refractivity contribution is 6.32. The molecule has 154 valence electrons. The van der Waals surface area contributed by atoms with Gasteiger partial charge in [-0.05, 0) is 36.8 Å². The first kappa shape index (κ1) is 21.0. The Bertz CT molecular complexity index is 1130. The van der Waals surface area contributed by atoms with Gasteiger partial charge in [0.25, 0.3) is 17.2 Å². The van der Waals surface area contributed by atoms with Crippen molar-refractivity contribution in [3.63, 3.8) is 0 Å². The summed E-state index contributed by atoms with van der Waals surface area (Å²) < 4.78 is 1.07. The Morgan fingerprint density at radius 2 is 1.83 bits per heavy atom. The van der Waals surface area contributed by atoms with E-state index < -0.39 is 10.5 Å². The first-order chi connectivity index (χ1) is 14.4. The van der Waals surface area contributed by atoms with Crippen molar-refractivity contribution in [2.45, 2.75) is 13.5 Å². The highest BCUT2D eigenvalue weighted by atomic mass is 35.5. The maximum atomic E-state index is 12.6. The summed E-state index contributed by atoms with van der Waals surface area (Å²) in [6, 6.07) is 12.5. The zero-order valence-corrected chi connectivity index (χ0v) is 16.7. The number of carbonyl (C=O) groups is 1. The molecule has 0 aliphatic carbocycles. The van der Waals surface area contributed by atoms with E-state index in [1.54, 1.807) is 24.3 Å². The van der Waals surface area contributed by atoms with Gasteiger partial charge in [-0.25, -0.2) is 0 Å². The fourth-order valence-corrected chi connectivity index (χ4v) is 2.89. The summed E-state index contributed by atoms with van der Waals surface area (Å²) in [7, 11) is 0. The van der Waals surface area contributed by atoms with Crippen LogP contribution < -0.4 is 16.2 Å². The van der Waals surface area contributed by atoms with Crippen molar-refractivity contribution in [3.05, 3.63) is 91.3 Å². The predicted octanol–water partition coefficient (Wildman–Crippen LogP) is 3.16. The monoisotopic (exact) mass is 427 g/mol. The topological polar surface area (TPSA) is 119 Å². The molecule has 0 unspecified atom stereocenters. The van der Waals surface area contributed by atoms with Gasteiger partial charge in [0, 0.05) is 30.8 Å². The third-order valence-electron chi connectivity index (χ3n) is 4.26. The number of aromatic nitrogens is 2. The number of benzene rings is 2. The van der Waals surface area contributed by atoms with Gasteiger partial charge in [0.05, 0.1) is 22.5 Å². The van der Waals surface area contributed by atoms with E-state index in [9.17, 15) is 19.7 Å². The molecule has 2 aromatic carbocycles. The molecular weight excluding hydrogens is 410 g/mol. The van der Waals surface area contributed by atoms with Gasteiger partial charge in [-0.2, -0.15) is 9.78 Å². The van der Waals surface area contributed by atoms with Crippen molar-refractivity contribution in [1.82, 2.24) is 15.1 Å². The smallest absolute Gasteiger partial charge is 0.292 e. The van der Waals surface area contributed by atoms with Gasteiger partial charge in [-0.1, -0.05) is 23.7 Å². The van der Waals surface area contributed by atoms with Crippen LogP contribution in [0.15, 0.2) is 59.5 Å². The van der Waals surface area contributed by atoms with E-state index in [0.717, 1.165) is 10.2 Å². The number of non-ortho nitro benzene ring substituents is 1. The summed E-state index contributed by atoms with van der Waals surface area (Å²) in [5, 5.41) is 20.6. The zero-order valence-electron chi connectivity index (χ0n) is 16.0. The number of rotatable bonds is 7. The summed E-state index contributed by atoms with van der Waals surface area (Å²) in [4.78, 5) is 34.6. The molecule has 0 saturated carbocycles. The molecule has 3 rings (SSSR count). The van der Waals surface area contributed by atoms with Crippen molar-refractivity contribution in [2.75, 3.05) is 11.9 Å². The van der Waals surface area contributed by atoms with E-state index in [0.29, 0.717) is 30.0 Å². The van der Waals surface area contributed by atoms with Crippen LogP contribution in [-0.2, 0) is 6.54 Å². The molecule has 9 nitrogen and oxygen atoms in total. The summed E-state index contributed by atoms with van der Waals surface area (Å²) in [5.41, 5.74) is 1.52. The van der Waals surface area contributed by atoms with Crippen LogP contribution in [-0.4, -0.2) is 27.2 Å². The Morgan fingerprint density at radius 1 is 1.17 bits per heavy atom. The number of hydrogen-bond acceptors (Lipinski definition) is 6. The molecule has 0 aliphatic rings. The molecule has 0 bridgehead atoms. The van der Waals surface area contributed by atoms with E-state index in [1.165, 1.54) is 30.5 Å². The third-order valence-corrected chi connectivity index (χ3v) is 4.63. The first-order valence-corrected chi connectivity index (χ1v) is 9.42. The summed E-state index contributed by atoms with van der Waals surface area (Å²) in [5.74, 6) is -0.140. The number of nitrogens with zero attached hydrogens (tertiary/aromatic N) is 3. The number of halogens is 1. The molecular formula is C20H18ClN5O4. The lowest BCUT2D eigenvalue weighted by molar-refractivity contribution is -0.384. The molecule has 0 saturated heterocycles. The minimum atomic E-state index is -0.554. The first-order valence-electron chi connectivity index (χ1n) is 9.04. The molecule has 2 N–H and O–H groups in total. The van der Waals surface area contributed by atoms with E-state index in [-0.39, 0.29) is 16.6 Å². The van der Waals surface area contributed by atoms with Gasteiger partial charge >= 0.3 is 0 Å². The van der Waals surface area contributed by atoms with Gasteiger partial charge in [0.2, 0.25) is 0 Å². The number of hydrogen-bond donors (Lipinski definition) is 2. The van der Waals surface area contributed by atoms with Crippen molar-refractivity contribution < 1.29 is 9.72 Å². The van der Waals surface area contributed by atoms with Crippen LogP contribution in [0.1, 0.15) is 22.8 Å². The number of nitrogens with one attached hydrogen (secondary N) is 2. The molecule has 10 heteroatoms. The number of amides is 1. The van der Waals surface area contributed by atoms with Crippen LogP contribution in [0.4, 0.5) is 11.4 Å². The molecule has 0 spiro atoms. The minimum absolute atomic E-state index is 0.0534. The van der Waals surface area contributed by atoms with E-state index in [2.05, 4.69) is 15.7 Å². The summed E-state index contributed by atoms with van der Waals surface area (Å²) in [6.07, 6.45) is 1.41. The normalized spacial score (nSPS) is 10.5. The second-order valence-corrected chi connectivity index (χ2v) is 6.65. The number of carbonyl (C=O) groups excluding carboxylic acids is 1. The van der Waals surface area contributed by atoms with Gasteiger partial charge in [0.15, 0.2) is 0 Å². The van der Waals surface area contributed by atoms with Crippen molar-refractivity contribution in [2.24, 2.45) is 0 Å². The third kappa shape index (κ3) is 4.64. The Morgan fingerprint density at radius 3 is 2.43 bits per heavy atom. The van der Waals surface area contributed by atoms with Crippen molar-refractivity contribution >= 4 is 28.9 Å². The van der Waals surface area contributed by atoms with Gasteiger partial charge < -0.3 is 10.6 Å². The lowest BCUT2D eigenvalue weighted by atomic mass is 10.1. The lowest BCUT2D eigenvalue weighted by Gasteiger charge is -2.11. The maximum Gasteiger partial charge on any atom is 0.292 e. The van der Waals surface area contributed by atoms with Crippen LogP contribution in [0.5, 0.6) is 0 Å². The molecule has 0 aliphatic heterocycles. The molecule has 3 aromatic rings. The molecule has 0 atom stereocenters. The highest BCUT2D eigenvalue weighted by Crippen LogP contribution is 2.19. The zero-order chi connectivity index (χ0) is 21.7. The largest absolute Gasteiger partial charge is 0.378 e. The molecule has 1 amide bonds. The fraction of sp³-hybridized carbons (Fsp3) is 0.150. The Hall–Kier alpha value is -3.72. The van der Waals surface area contributed by atoms with Crippen LogP contribution >= 0.6 is 11.6 Å². The average Bonchev–Trinajstić information content (AvgIpc) is 2.75. The van der Waals surface area contributed by atoms with Gasteiger partial charge in [-0.3, -0.25) is 19.7 Å². The van der Waals surface area contributed by atoms with Crippen LogP contribution in [0, 0.1) is 10.1 Å². The van der Waals surface area contributed by atoms with Crippen LogP contribution in [0.25, 0.3) is 5.69 Å². The summed E-state index contributed by atoms with van der Waals surface area (Å²) in [6.45, 7) is 2.78. The molecule has 1 heterocycles. The predicted molar refractivity (Wildman–Crippen MR) is 113 cm³/mol. The number of nitro benzene ring substituents is 1. The Balaban J connectivity index is 1.73. The van der Waals surface area contributed by atoms with Crippen LogP contribution in [0.3, 0.4) is 0 Å².